The van der Waals surface area contributed by atoms with Crippen LogP contribution < -0.4 is 9.64 Å². The number of piperazine rings is 1. The molecule has 0 saturated carbocycles. The third-order valence-corrected chi connectivity index (χ3v) is 7.50. The number of hydrogen-bond donors (Lipinski definition) is 1. The molecule has 1 amide bonds. The molecule has 4 aromatic rings. The van der Waals surface area contributed by atoms with Crippen molar-refractivity contribution in [1.82, 2.24) is 9.80 Å². The third-order valence-electron chi connectivity index (χ3n) is 7.24. The number of carbonyl (C=O) groups is 2. The first-order chi connectivity index (χ1) is 19.8. The first-order valence-electron chi connectivity index (χ1n) is 13.5. The van der Waals surface area contributed by atoms with Gasteiger partial charge in [-0.1, -0.05) is 60.1 Å². The Kier molecular flexibility index (Phi) is 8.57. The van der Waals surface area contributed by atoms with Gasteiger partial charge in [0.05, 0.1) is 5.56 Å². The van der Waals surface area contributed by atoms with Crippen molar-refractivity contribution >= 4 is 29.2 Å². The molecule has 210 valence electrons. The number of carboxylic acids is 1. The van der Waals surface area contributed by atoms with Crippen LogP contribution in [0.3, 0.4) is 0 Å². The number of hydrogen-bond acceptors (Lipinski definition) is 5. The Bertz CT molecular complexity index is 1550. The summed E-state index contributed by atoms with van der Waals surface area (Å²) in [5.41, 5.74) is 4.89. The van der Waals surface area contributed by atoms with Crippen molar-refractivity contribution in [2.45, 2.75) is 6.54 Å². The molecule has 41 heavy (non-hydrogen) atoms. The number of halogens is 1. The van der Waals surface area contributed by atoms with Crippen molar-refractivity contribution in [3.8, 4) is 22.6 Å². The molecule has 0 spiro atoms. The monoisotopic (exact) mass is 569 g/mol. The molecule has 0 atom stereocenters. The Hall–Kier alpha value is -4.33. The molecule has 0 radical (unpaired) electrons. The molecule has 8 heteroatoms. The van der Waals surface area contributed by atoms with Crippen LogP contribution >= 0.6 is 11.6 Å². The van der Waals surface area contributed by atoms with E-state index in [-0.39, 0.29) is 17.2 Å². The SMILES string of the molecule is CN(C)C(=O)c1ccccc1Oc1cc(N2CCN(Cc3ccccc3-c3ccc(Cl)cc3)CC2)ccc1C(=O)O. The number of anilines is 1. The van der Waals surface area contributed by atoms with Crippen LogP contribution in [0.15, 0.2) is 91.0 Å². The average Bonchev–Trinajstić information content (AvgIpc) is 2.98. The maximum Gasteiger partial charge on any atom is 0.339 e. The molecular weight excluding hydrogens is 538 g/mol. The molecule has 1 saturated heterocycles. The van der Waals surface area contributed by atoms with Crippen LogP contribution in [0.4, 0.5) is 5.69 Å². The van der Waals surface area contributed by atoms with E-state index in [1.807, 2.05) is 30.3 Å². The summed E-state index contributed by atoms with van der Waals surface area (Å²) in [7, 11) is 3.33. The molecule has 1 aliphatic heterocycles. The lowest BCUT2D eigenvalue weighted by Crippen LogP contribution is -2.46. The molecule has 5 rings (SSSR count). The van der Waals surface area contributed by atoms with Crippen LogP contribution in [0.25, 0.3) is 11.1 Å². The summed E-state index contributed by atoms with van der Waals surface area (Å²) >= 11 is 6.10. The number of ether oxygens (including phenoxy) is 1. The predicted molar refractivity (Wildman–Crippen MR) is 162 cm³/mol. The number of carboxylic acid groups (broad SMARTS) is 1. The Morgan fingerprint density at radius 2 is 1.51 bits per heavy atom. The Labute approximate surface area is 245 Å². The van der Waals surface area contributed by atoms with Crippen LogP contribution in [-0.4, -0.2) is 67.1 Å². The zero-order chi connectivity index (χ0) is 28.9. The van der Waals surface area contributed by atoms with Gasteiger partial charge in [-0.3, -0.25) is 9.69 Å². The minimum Gasteiger partial charge on any atom is -0.478 e. The largest absolute Gasteiger partial charge is 0.478 e. The highest BCUT2D eigenvalue weighted by atomic mass is 35.5. The number of amides is 1. The van der Waals surface area contributed by atoms with Gasteiger partial charge in [0.15, 0.2) is 0 Å². The average molecular weight is 570 g/mol. The van der Waals surface area contributed by atoms with Crippen molar-refractivity contribution in [2.24, 2.45) is 0 Å². The summed E-state index contributed by atoms with van der Waals surface area (Å²) in [6.45, 7) is 4.10. The summed E-state index contributed by atoms with van der Waals surface area (Å²) in [5.74, 6) is -0.794. The summed E-state index contributed by atoms with van der Waals surface area (Å²) < 4.78 is 6.09. The smallest absolute Gasteiger partial charge is 0.339 e. The molecule has 0 bridgehead atoms. The van der Waals surface area contributed by atoms with Gasteiger partial charge in [-0.05, 0) is 53.1 Å². The second kappa shape index (κ2) is 12.5. The molecule has 7 nitrogen and oxygen atoms in total. The van der Waals surface area contributed by atoms with Gasteiger partial charge in [0, 0.05) is 63.6 Å². The quantitative estimate of drug-likeness (QED) is 0.260. The number of nitrogens with zero attached hydrogens (tertiary/aromatic N) is 3. The Morgan fingerprint density at radius 3 is 2.22 bits per heavy atom. The summed E-state index contributed by atoms with van der Waals surface area (Å²) in [5, 5.41) is 10.5. The van der Waals surface area contributed by atoms with Crippen molar-refractivity contribution in [2.75, 3.05) is 45.2 Å². The van der Waals surface area contributed by atoms with Crippen molar-refractivity contribution in [3.05, 3.63) is 113 Å². The number of aromatic carboxylic acids is 1. The highest BCUT2D eigenvalue weighted by Gasteiger charge is 2.22. The molecule has 1 N–H and O–H groups in total. The fraction of sp³-hybridized carbons (Fsp3) is 0.212. The van der Waals surface area contributed by atoms with Gasteiger partial charge in [-0.25, -0.2) is 4.79 Å². The van der Waals surface area contributed by atoms with Gasteiger partial charge in [-0.15, -0.1) is 0 Å². The Balaban J connectivity index is 1.31. The lowest BCUT2D eigenvalue weighted by Gasteiger charge is -2.36. The van der Waals surface area contributed by atoms with Crippen molar-refractivity contribution in [3.63, 3.8) is 0 Å². The number of rotatable bonds is 8. The molecule has 4 aromatic carbocycles. The Morgan fingerprint density at radius 1 is 0.829 bits per heavy atom. The van der Waals surface area contributed by atoms with Crippen molar-refractivity contribution < 1.29 is 19.4 Å². The van der Waals surface area contributed by atoms with Gasteiger partial charge < -0.3 is 19.6 Å². The molecule has 0 unspecified atom stereocenters. The minimum absolute atomic E-state index is 0.0401. The summed E-state index contributed by atoms with van der Waals surface area (Å²) in [6.07, 6.45) is 0. The van der Waals surface area contributed by atoms with Gasteiger partial charge >= 0.3 is 5.97 Å². The van der Waals surface area contributed by atoms with Crippen LogP contribution in [0.5, 0.6) is 11.5 Å². The summed E-state index contributed by atoms with van der Waals surface area (Å²) in [4.78, 5) is 30.8. The van der Waals surface area contributed by atoms with Crippen LogP contribution in [-0.2, 0) is 6.54 Å². The fourth-order valence-corrected chi connectivity index (χ4v) is 5.16. The number of benzene rings is 4. The second-order valence-electron chi connectivity index (χ2n) is 10.2. The molecule has 1 aliphatic rings. The second-order valence-corrected chi connectivity index (χ2v) is 10.6. The first-order valence-corrected chi connectivity index (χ1v) is 13.8. The molecule has 0 aliphatic carbocycles. The standard InChI is InChI=1S/C33H32ClN3O4/c1-35(2)32(38)28-9-5-6-10-30(28)41-31-21-26(15-16-29(31)33(39)40)37-19-17-36(18-20-37)22-24-7-3-4-8-27(24)23-11-13-25(34)14-12-23/h3-16,21H,17-20,22H2,1-2H3,(H,39,40). The minimum atomic E-state index is -1.09. The fourth-order valence-electron chi connectivity index (χ4n) is 5.03. The lowest BCUT2D eigenvalue weighted by atomic mass is 9.99. The first kappa shape index (κ1) is 28.2. The lowest BCUT2D eigenvalue weighted by molar-refractivity contribution is 0.0694. The zero-order valence-corrected chi connectivity index (χ0v) is 23.8. The van der Waals surface area contributed by atoms with Gasteiger partial charge in [0.2, 0.25) is 0 Å². The number of carbonyl (C=O) groups excluding carboxylic acids is 1. The van der Waals surface area contributed by atoms with Crippen LogP contribution in [0, 0.1) is 0 Å². The van der Waals surface area contributed by atoms with E-state index in [4.69, 9.17) is 16.3 Å². The normalized spacial score (nSPS) is 13.6. The maximum absolute atomic E-state index is 12.7. The molecule has 1 heterocycles. The van der Waals surface area contributed by atoms with E-state index in [0.29, 0.717) is 11.3 Å². The third kappa shape index (κ3) is 6.53. The van der Waals surface area contributed by atoms with E-state index >= 15 is 0 Å². The van der Waals surface area contributed by atoms with Crippen LogP contribution in [0.2, 0.25) is 5.02 Å². The molecule has 0 aromatic heterocycles. The molecular formula is C33H32ClN3O4. The van der Waals surface area contributed by atoms with E-state index in [1.54, 1.807) is 50.5 Å². The van der Waals surface area contributed by atoms with Gasteiger partial charge in [-0.2, -0.15) is 0 Å². The van der Waals surface area contributed by atoms with E-state index < -0.39 is 5.97 Å². The zero-order valence-electron chi connectivity index (χ0n) is 23.1. The van der Waals surface area contributed by atoms with E-state index in [9.17, 15) is 14.7 Å². The van der Waals surface area contributed by atoms with E-state index in [2.05, 4.69) is 34.1 Å². The topological polar surface area (TPSA) is 73.3 Å². The number of para-hydroxylation sites is 1. The van der Waals surface area contributed by atoms with Gasteiger partial charge in [0.1, 0.15) is 17.1 Å². The van der Waals surface area contributed by atoms with Crippen LogP contribution in [0.1, 0.15) is 26.3 Å². The van der Waals surface area contributed by atoms with Crippen molar-refractivity contribution in [1.29, 1.82) is 0 Å². The van der Waals surface area contributed by atoms with Gasteiger partial charge in [0.25, 0.3) is 5.91 Å². The maximum atomic E-state index is 12.7. The van der Waals surface area contributed by atoms with E-state index in [0.717, 1.165) is 49.0 Å². The predicted octanol–water partition coefficient (Wildman–Crippen LogP) is 6.52. The highest BCUT2D eigenvalue weighted by molar-refractivity contribution is 6.30. The molecule has 1 fully saturated rings. The highest BCUT2D eigenvalue weighted by Crippen LogP contribution is 2.33. The summed E-state index contributed by atoms with van der Waals surface area (Å²) in [6, 6.07) is 28.4. The van der Waals surface area contributed by atoms with E-state index in [1.165, 1.54) is 16.0 Å².